The molecule has 0 fully saturated rings. The Bertz CT molecular complexity index is 1620. The summed E-state index contributed by atoms with van der Waals surface area (Å²) in [5.74, 6) is -9.94. The Morgan fingerprint density at radius 3 is 1.62 bits per heavy atom. The van der Waals surface area contributed by atoms with Gasteiger partial charge in [0.15, 0.2) is 23.3 Å². The van der Waals surface area contributed by atoms with E-state index in [2.05, 4.69) is 0 Å². The number of halogens is 4. The highest BCUT2D eigenvalue weighted by atomic mass is 32.2. The van der Waals surface area contributed by atoms with E-state index >= 15 is 8.78 Å². The van der Waals surface area contributed by atoms with Gasteiger partial charge < -0.3 is 14.2 Å². The van der Waals surface area contributed by atoms with Crippen molar-refractivity contribution in [2.24, 2.45) is 0 Å². The van der Waals surface area contributed by atoms with Gasteiger partial charge in [-0.25, -0.2) is 30.8 Å². The van der Waals surface area contributed by atoms with Gasteiger partial charge in [-0.3, -0.25) is 0 Å². The molecular weight excluding hydrogens is 578 g/mol. The van der Waals surface area contributed by atoms with Gasteiger partial charge in [-0.05, 0) is 41.0 Å². The largest absolute Gasteiger partial charge is 0.497 e. The Hall–Kier alpha value is -4.42. The lowest BCUT2D eigenvalue weighted by atomic mass is 10.2. The fourth-order valence-electron chi connectivity index (χ4n) is 4.06. The van der Waals surface area contributed by atoms with Gasteiger partial charge in [0.1, 0.15) is 28.6 Å². The normalized spacial score (nSPS) is 11.4. The molecule has 0 unspecified atom stereocenters. The highest BCUT2D eigenvalue weighted by molar-refractivity contribution is 7.89. The zero-order chi connectivity index (χ0) is 30.4. The first-order valence-corrected chi connectivity index (χ1v) is 13.8. The highest BCUT2D eigenvalue weighted by Gasteiger charge is 2.40. The molecule has 0 saturated carbocycles. The van der Waals surface area contributed by atoms with Crippen molar-refractivity contribution >= 4 is 16.0 Å². The van der Waals surface area contributed by atoms with Gasteiger partial charge in [0.05, 0.1) is 14.2 Å². The average Bonchev–Trinajstić information content (AvgIpc) is 3.01. The number of hydrogen-bond acceptors (Lipinski definition) is 6. The Balaban J connectivity index is 1.82. The second-order valence-electron chi connectivity index (χ2n) is 8.99. The number of carbonyl (C=O) groups is 1. The predicted octanol–water partition coefficient (Wildman–Crippen LogP) is 6.01. The first kappa shape index (κ1) is 30.5. The number of sulfonamides is 1. The van der Waals surface area contributed by atoms with Crippen LogP contribution in [0.3, 0.4) is 0 Å². The molecule has 0 aliphatic heterocycles. The van der Waals surface area contributed by atoms with Crippen LogP contribution in [0.15, 0.2) is 83.8 Å². The van der Waals surface area contributed by atoms with Crippen LogP contribution >= 0.6 is 0 Å². The van der Waals surface area contributed by atoms with E-state index in [1.54, 1.807) is 54.6 Å². The van der Waals surface area contributed by atoms with Crippen LogP contribution in [0.5, 0.6) is 11.5 Å². The van der Waals surface area contributed by atoms with Crippen LogP contribution in [0.4, 0.5) is 17.6 Å². The topological polar surface area (TPSA) is 82.1 Å². The van der Waals surface area contributed by atoms with Gasteiger partial charge >= 0.3 is 5.97 Å². The van der Waals surface area contributed by atoms with Crippen molar-refractivity contribution in [3.05, 3.63) is 124 Å². The second-order valence-corrected chi connectivity index (χ2v) is 10.9. The molecule has 0 aromatic heterocycles. The van der Waals surface area contributed by atoms with E-state index in [0.29, 0.717) is 32.5 Å². The number of rotatable bonds is 11. The van der Waals surface area contributed by atoms with Crippen LogP contribution in [0.1, 0.15) is 27.0 Å². The summed E-state index contributed by atoms with van der Waals surface area (Å²) < 4.78 is 103. The monoisotopic (exact) mass is 603 g/mol. The molecule has 0 radical (unpaired) electrons. The zero-order valence-electron chi connectivity index (χ0n) is 22.4. The van der Waals surface area contributed by atoms with Crippen molar-refractivity contribution in [1.82, 2.24) is 4.31 Å². The van der Waals surface area contributed by atoms with Crippen LogP contribution in [0.25, 0.3) is 0 Å². The zero-order valence-corrected chi connectivity index (χ0v) is 23.3. The van der Waals surface area contributed by atoms with Crippen molar-refractivity contribution in [2.45, 2.75) is 24.6 Å². The SMILES string of the molecule is COc1ccc(CN(Cc2ccc(OC)cc2)S(=O)(=O)c2c(F)c(F)c(F)c(F)c2C(=O)OCc2ccccc2)cc1. The number of nitrogens with zero attached hydrogens (tertiary/aromatic N) is 1. The second kappa shape index (κ2) is 13.0. The Morgan fingerprint density at radius 1 is 0.667 bits per heavy atom. The number of methoxy groups -OCH3 is 2. The van der Waals surface area contributed by atoms with Crippen molar-refractivity contribution in [2.75, 3.05) is 14.2 Å². The first-order valence-electron chi connectivity index (χ1n) is 12.4. The summed E-state index contributed by atoms with van der Waals surface area (Å²) >= 11 is 0. The molecule has 42 heavy (non-hydrogen) atoms. The van der Waals surface area contributed by atoms with Crippen LogP contribution < -0.4 is 9.47 Å². The van der Waals surface area contributed by atoms with Gasteiger partial charge in [-0.15, -0.1) is 0 Å². The highest BCUT2D eigenvalue weighted by Crippen LogP contribution is 2.33. The van der Waals surface area contributed by atoms with Crippen LogP contribution in [-0.2, 0) is 34.5 Å². The summed E-state index contributed by atoms with van der Waals surface area (Å²) in [6, 6.07) is 20.4. The lowest BCUT2D eigenvalue weighted by Crippen LogP contribution is -2.33. The van der Waals surface area contributed by atoms with E-state index in [0.717, 1.165) is 0 Å². The summed E-state index contributed by atoms with van der Waals surface area (Å²) in [6.07, 6.45) is 0. The van der Waals surface area contributed by atoms with Crippen LogP contribution in [0.2, 0.25) is 0 Å². The standard InChI is InChI=1S/C30H25F4NO6S/c1-39-22-12-8-19(9-13-22)16-35(17-20-10-14-23(40-2)15-11-20)42(37,38)29-24(25(31)26(32)27(33)28(29)34)30(36)41-18-21-6-4-3-5-7-21/h3-15H,16-18H2,1-2H3. The molecule has 4 rings (SSSR count). The van der Waals surface area contributed by atoms with Crippen molar-refractivity contribution < 1.29 is 45.0 Å². The smallest absolute Gasteiger partial charge is 0.343 e. The summed E-state index contributed by atoms with van der Waals surface area (Å²) in [6.45, 7) is -1.31. The molecule has 0 saturated heterocycles. The van der Waals surface area contributed by atoms with Gasteiger partial charge in [0, 0.05) is 13.1 Å². The molecule has 4 aromatic carbocycles. The molecule has 0 N–H and O–H groups in total. The maximum atomic E-state index is 15.3. The van der Waals surface area contributed by atoms with E-state index in [9.17, 15) is 22.0 Å². The van der Waals surface area contributed by atoms with Gasteiger partial charge in [-0.1, -0.05) is 54.6 Å². The molecule has 0 amide bonds. The third-order valence-electron chi connectivity index (χ3n) is 6.27. The molecule has 0 bridgehead atoms. The minimum absolute atomic E-state index is 0.393. The lowest BCUT2D eigenvalue weighted by Gasteiger charge is -2.24. The number of esters is 1. The molecule has 0 aliphatic rings. The van der Waals surface area contributed by atoms with Crippen molar-refractivity contribution in [1.29, 1.82) is 0 Å². The van der Waals surface area contributed by atoms with E-state index in [-0.39, 0.29) is 0 Å². The maximum absolute atomic E-state index is 15.3. The molecule has 7 nitrogen and oxygen atoms in total. The van der Waals surface area contributed by atoms with Gasteiger partial charge in [0.2, 0.25) is 10.0 Å². The fraction of sp³-hybridized carbons (Fsp3) is 0.167. The first-order chi connectivity index (χ1) is 20.1. The lowest BCUT2D eigenvalue weighted by molar-refractivity contribution is 0.0458. The Kier molecular flexibility index (Phi) is 9.48. The summed E-state index contributed by atoms with van der Waals surface area (Å²) in [5, 5.41) is 0. The maximum Gasteiger partial charge on any atom is 0.343 e. The van der Waals surface area contributed by atoms with Gasteiger partial charge in [0.25, 0.3) is 0 Å². The summed E-state index contributed by atoms with van der Waals surface area (Å²) in [4.78, 5) is 11.3. The van der Waals surface area contributed by atoms with Crippen molar-refractivity contribution in [3.63, 3.8) is 0 Å². The van der Waals surface area contributed by atoms with E-state index in [1.807, 2.05) is 0 Å². The molecule has 0 heterocycles. The average molecular weight is 604 g/mol. The van der Waals surface area contributed by atoms with E-state index in [4.69, 9.17) is 14.2 Å². The molecule has 220 valence electrons. The Morgan fingerprint density at radius 2 is 1.14 bits per heavy atom. The molecule has 0 atom stereocenters. The minimum atomic E-state index is -5.23. The molecule has 0 spiro atoms. The van der Waals surface area contributed by atoms with E-state index in [1.165, 1.54) is 38.5 Å². The summed E-state index contributed by atoms with van der Waals surface area (Å²) in [7, 11) is -2.35. The molecule has 4 aromatic rings. The fourth-order valence-corrected chi connectivity index (χ4v) is 5.70. The summed E-state index contributed by atoms with van der Waals surface area (Å²) in [5.41, 5.74) is -0.370. The van der Waals surface area contributed by atoms with Crippen LogP contribution in [-0.4, -0.2) is 32.9 Å². The molecule has 0 aliphatic carbocycles. The number of ether oxygens (including phenoxy) is 3. The Labute approximate surface area is 239 Å². The quantitative estimate of drug-likeness (QED) is 0.0905. The molecule has 12 heteroatoms. The molecular formula is C30H25F4NO6S. The van der Waals surface area contributed by atoms with Gasteiger partial charge in [-0.2, -0.15) is 4.31 Å². The minimum Gasteiger partial charge on any atom is -0.497 e. The van der Waals surface area contributed by atoms with Crippen LogP contribution in [0, 0.1) is 23.3 Å². The number of carbonyl (C=O) groups excluding carboxylic acids is 1. The van der Waals surface area contributed by atoms with E-state index < -0.39 is 69.4 Å². The third kappa shape index (κ3) is 6.55. The number of benzene rings is 4. The predicted molar refractivity (Wildman–Crippen MR) is 144 cm³/mol. The van der Waals surface area contributed by atoms with Crippen molar-refractivity contribution in [3.8, 4) is 11.5 Å². The number of hydrogen-bond donors (Lipinski definition) is 0. The third-order valence-corrected chi connectivity index (χ3v) is 8.11.